The molecule has 0 saturated carbocycles. The Morgan fingerprint density at radius 3 is 2.92 bits per heavy atom. The molecule has 0 spiro atoms. The molecule has 2 aromatic heterocycles. The molecule has 0 aliphatic carbocycles. The molecular formula is C17H14N4O2S. The number of hydrogen-bond donors (Lipinski definition) is 1. The molecular weight excluding hydrogens is 324 g/mol. The second-order valence-corrected chi connectivity index (χ2v) is 6.27. The summed E-state index contributed by atoms with van der Waals surface area (Å²) in [6, 6.07) is 13.2. The monoisotopic (exact) mass is 338 g/mol. The van der Waals surface area contributed by atoms with E-state index in [2.05, 4.69) is 15.4 Å². The minimum Gasteiger partial charge on any atom is -0.479 e. The molecule has 4 rings (SSSR count). The topological polar surface area (TPSA) is 69.0 Å². The fourth-order valence-corrected chi connectivity index (χ4v) is 3.37. The third kappa shape index (κ3) is 2.98. The number of rotatable bonds is 3. The number of ether oxygens (including phenoxy) is 1. The predicted molar refractivity (Wildman–Crippen MR) is 91.6 cm³/mol. The molecule has 1 atom stereocenters. The average molecular weight is 338 g/mol. The lowest BCUT2D eigenvalue weighted by atomic mass is 10.3. The van der Waals surface area contributed by atoms with E-state index in [9.17, 15) is 4.79 Å². The van der Waals surface area contributed by atoms with Gasteiger partial charge in [-0.2, -0.15) is 5.10 Å². The zero-order valence-electron chi connectivity index (χ0n) is 12.6. The maximum Gasteiger partial charge on any atom is 0.267 e. The van der Waals surface area contributed by atoms with E-state index in [4.69, 9.17) is 4.74 Å². The number of nitrogens with zero attached hydrogens (tertiary/aromatic N) is 3. The Balaban J connectivity index is 1.45. The second kappa shape index (κ2) is 6.37. The van der Waals surface area contributed by atoms with Crippen LogP contribution in [0.25, 0.3) is 5.69 Å². The molecule has 0 bridgehead atoms. The van der Waals surface area contributed by atoms with Gasteiger partial charge in [-0.1, -0.05) is 12.1 Å². The largest absolute Gasteiger partial charge is 0.479 e. The van der Waals surface area contributed by atoms with Crippen molar-refractivity contribution in [2.75, 3.05) is 11.1 Å². The number of para-hydroxylation sites is 1. The number of thioether (sulfide) groups is 1. The fourth-order valence-electron chi connectivity index (χ4n) is 2.39. The van der Waals surface area contributed by atoms with Gasteiger partial charge >= 0.3 is 0 Å². The second-order valence-electron chi connectivity index (χ2n) is 5.20. The standard InChI is InChI=1S/C17H14N4O2S/c22-17(14-11-24-15-4-2-1-3-13(15)23-14)19-16-7-10-21(20-16)12-5-8-18-9-6-12/h1-10,14H,11H2,(H,19,20,22)/t14-/m1/s1. The number of nitrogens with one attached hydrogen (secondary N) is 1. The van der Waals surface area contributed by atoms with Crippen LogP contribution in [0.15, 0.2) is 66.0 Å². The Hall–Kier alpha value is -2.80. The van der Waals surface area contributed by atoms with Crippen LogP contribution in [-0.2, 0) is 4.79 Å². The van der Waals surface area contributed by atoms with Crippen molar-refractivity contribution in [1.82, 2.24) is 14.8 Å². The van der Waals surface area contributed by atoms with Gasteiger partial charge in [-0.05, 0) is 24.3 Å². The van der Waals surface area contributed by atoms with E-state index in [-0.39, 0.29) is 5.91 Å². The van der Waals surface area contributed by atoms with Gasteiger partial charge in [0.2, 0.25) is 0 Å². The molecule has 120 valence electrons. The summed E-state index contributed by atoms with van der Waals surface area (Å²) < 4.78 is 7.47. The Morgan fingerprint density at radius 2 is 2.04 bits per heavy atom. The van der Waals surface area contributed by atoms with Gasteiger partial charge in [0.15, 0.2) is 11.9 Å². The first kappa shape index (κ1) is 14.8. The summed E-state index contributed by atoms with van der Waals surface area (Å²) in [6.45, 7) is 0. The van der Waals surface area contributed by atoms with Crippen LogP contribution in [0.3, 0.4) is 0 Å². The van der Waals surface area contributed by atoms with E-state index in [0.29, 0.717) is 11.6 Å². The summed E-state index contributed by atoms with van der Waals surface area (Å²) in [5, 5.41) is 7.16. The number of aromatic nitrogens is 3. The van der Waals surface area contributed by atoms with Crippen molar-refractivity contribution in [3.8, 4) is 11.4 Å². The zero-order valence-corrected chi connectivity index (χ0v) is 13.4. The van der Waals surface area contributed by atoms with Crippen LogP contribution < -0.4 is 10.1 Å². The van der Waals surface area contributed by atoms with Crippen LogP contribution in [0, 0.1) is 0 Å². The molecule has 3 heterocycles. The quantitative estimate of drug-likeness (QED) is 0.795. The van der Waals surface area contributed by atoms with Crippen LogP contribution in [0.1, 0.15) is 0 Å². The molecule has 1 aliphatic heterocycles. The lowest BCUT2D eigenvalue weighted by Crippen LogP contribution is -2.36. The number of carbonyl (C=O) groups excluding carboxylic acids is 1. The number of fused-ring (bicyclic) bond motifs is 1. The third-order valence-corrected chi connectivity index (χ3v) is 4.69. The van der Waals surface area contributed by atoms with Crippen LogP contribution in [0.5, 0.6) is 5.75 Å². The van der Waals surface area contributed by atoms with Gasteiger partial charge in [0.05, 0.1) is 5.69 Å². The van der Waals surface area contributed by atoms with Gasteiger partial charge < -0.3 is 10.1 Å². The van der Waals surface area contributed by atoms with Crippen LogP contribution in [0.2, 0.25) is 0 Å². The first-order valence-corrected chi connectivity index (χ1v) is 8.43. The maximum atomic E-state index is 12.4. The highest BCUT2D eigenvalue weighted by Crippen LogP contribution is 2.35. The molecule has 1 aromatic carbocycles. The number of pyridine rings is 1. The number of amides is 1. The first-order valence-electron chi connectivity index (χ1n) is 7.45. The number of carbonyl (C=O) groups is 1. The first-order chi connectivity index (χ1) is 11.8. The molecule has 0 fully saturated rings. The van der Waals surface area contributed by atoms with Gasteiger partial charge in [0, 0.05) is 35.3 Å². The van der Waals surface area contributed by atoms with Gasteiger partial charge in [0.1, 0.15) is 5.75 Å². The average Bonchev–Trinajstić information content (AvgIpc) is 3.10. The SMILES string of the molecule is O=C(Nc1ccn(-c2ccncc2)n1)[C@H]1CSc2ccccc2O1. The van der Waals surface area contributed by atoms with E-state index in [0.717, 1.165) is 16.3 Å². The number of hydrogen-bond acceptors (Lipinski definition) is 5. The van der Waals surface area contributed by atoms with Gasteiger partial charge in [-0.3, -0.25) is 9.78 Å². The van der Waals surface area contributed by atoms with Crippen molar-refractivity contribution in [3.05, 3.63) is 61.1 Å². The molecule has 1 amide bonds. The Labute approximate surface area is 142 Å². The summed E-state index contributed by atoms with van der Waals surface area (Å²) in [7, 11) is 0. The minimum atomic E-state index is -0.532. The van der Waals surface area contributed by atoms with E-state index >= 15 is 0 Å². The summed E-state index contributed by atoms with van der Waals surface area (Å²) in [5.41, 5.74) is 0.879. The van der Waals surface area contributed by atoms with E-state index < -0.39 is 6.10 Å². The lowest BCUT2D eigenvalue weighted by Gasteiger charge is -2.24. The molecule has 0 unspecified atom stereocenters. The lowest BCUT2D eigenvalue weighted by molar-refractivity contribution is -0.122. The van der Waals surface area contributed by atoms with Crippen molar-refractivity contribution in [2.45, 2.75) is 11.0 Å². The molecule has 3 aromatic rings. The highest BCUT2D eigenvalue weighted by atomic mass is 32.2. The summed E-state index contributed by atoms with van der Waals surface area (Å²) in [4.78, 5) is 17.4. The minimum absolute atomic E-state index is 0.197. The van der Waals surface area contributed by atoms with E-state index in [1.165, 1.54) is 0 Å². The molecule has 1 N–H and O–H groups in total. The zero-order chi connectivity index (χ0) is 16.4. The van der Waals surface area contributed by atoms with Crippen molar-refractivity contribution < 1.29 is 9.53 Å². The molecule has 24 heavy (non-hydrogen) atoms. The molecule has 0 saturated heterocycles. The maximum absolute atomic E-state index is 12.4. The van der Waals surface area contributed by atoms with Crippen LogP contribution in [0.4, 0.5) is 5.82 Å². The Morgan fingerprint density at radius 1 is 1.21 bits per heavy atom. The Kier molecular flexibility index (Phi) is 3.92. The highest BCUT2D eigenvalue weighted by Gasteiger charge is 2.26. The molecule has 6 nitrogen and oxygen atoms in total. The molecule has 7 heteroatoms. The van der Waals surface area contributed by atoms with Gasteiger partial charge in [-0.25, -0.2) is 4.68 Å². The third-order valence-electron chi connectivity index (χ3n) is 3.57. The van der Waals surface area contributed by atoms with Crippen molar-refractivity contribution >= 4 is 23.5 Å². The smallest absolute Gasteiger partial charge is 0.267 e. The normalized spacial score (nSPS) is 16.1. The Bertz CT molecular complexity index is 866. The van der Waals surface area contributed by atoms with Crippen molar-refractivity contribution in [2.24, 2.45) is 0 Å². The van der Waals surface area contributed by atoms with E-state index in [1.54, 1.807) is 41.1 Å². The number of anilines is 1. The van der Waals surface area contributed by atoms with Gasteiger partial charge in [0.25, 0.3) is 5.91 Å². The molecule has 0 radical (unpaired) electrons. The number of benzene rings is 1. The van der Waals surface area contributed by atoms with Crippen molar-refractivity contribution in [1.29, 1.82) is 0 Å². The molecule has 1 aliphatic rings. The highest BCUT2D eigenvalue weighted by molar-refractivity contribution is 7.99. The van der Waals surface area contributed by atoms with Crippen LogP contribution >= 0.6 is 11.8 Å². The summed E-state index contributed by atoms with van der Waals surface area (Å²) in [6.07, 6.45) is 4.65. The summed E-state index contributed by atoms with van der Waals surface area (Å²) >= 11 is 1.62. The summed E-state index contributed by atoms with van der Waals surface area (Å²) in [5.74, 6) is 1.62. The predicted octanol–water partition coefficient (Wildman–Crippen LogP) is 2.76. The van der Waals surface area contributed by atoms with Gasteiger partial charge in [-0.15, -0.1) is 11.8 Å². The van der Waals surface area contributed by atoms with E-state index in [1.807, 2.05) is 36.4 Å². The fraction of sp³-hybridized carbons (Fsp3) is 0.118. The van der Waals surface area contributed by atoms with Crippen molar-refractivity contribution in [3.63, 3.8) is 0 Å². The van der Waals surface area contributed by atoms with Crippen LogP contribution in [-0.4, -0.2) is 32.5 Å².